The van der Waals surface area contributed by atoms with Crippen LogP contribution in [0.1, 0.15) is 26.7 Å². The minimum atomic E-state index is -1.44. The third-order valence-corrected chi connectivity index (χ3v) is 1.99. The van der Waals surface area contributed by atoms with Crippen LogP contribution in [0.5, 0.6) is 0 Å². The van der Waals surface area contributed by atoms with Crippen LogP contribution in [0.2, 0.25) is 0 Å². The maximum atomic E-state index is 10.5. The summed E-state index contributed by atoms with van der Waals surface area (Å²) < 4.78 is 0. The minimum Gasteiger partial charge on any atom is -0.547 e. The number of carbonyl (C=O) groups excluding carboxylic acids is 3. The molecule has 10 nitrogen and oxygen atoms in total. The number of carboxylic acids is 2. The van der Waals surface area contributed by atoms with E-state index < -0.39 is 30.2 Å². The maximum absolute atomic E-state index is 10.5. The first kappa shape index (κ1) is 30.7. The Morgan fingerprint density at radius 2 is 1.43 bits per heavy atom. The zero-order valence-corrected chi connectivity index (χ0v) is 17.5. The number of likely N-dealkylation sites (tertiary alicyclic amines) is 1. The van der Waals surface area contributed by atoms with E-state index in [1.165, 1.54) is 6.92 Å². The number of carboxylic acid groups (broad SMARTS) is 3. The molecule has 2 atom stereocenters. The monoisotopic (exact) mass is 353 g/mol. The van der Waals surface area contributed by atoms with Gasteiger partial charge >= 0.3 is 65.1 Å². The number of aliphatic hydroxyl groups excluding tert-OH is 2. The van der Waals surface area contributed by atoms with Gasteiger partial charge in [0.15, 0.2) is 0 Å². The van der Waals surface area contributed by atoms with Crippen LogP contribution < -0.4 is 69.3 Å². The quantitative estimate of drug-likeness (QED) is 0.406. The first-order chi connectivity index (χ1) is 9.50. The van der Waals surface area contributed by atoms with Crippen LogP contribution >= 0.6 is 0 Å². The number of hydrogen-bond donors (Lipinski definition) is 3. The van der Waals surface area contributed by atoms with Crippen LogP contribution in [-0.2, 0) is 14.4 Å². The number of imide groups is 1. The zero-order valence-electron chi connectivity index (χ0n) is 13.5. The van der Waals surface area contributed by atoms with Crippen LogP contribution in [-0.4, -0.2) is 62.9 Å². The Morgan fingerprint density at radius 1 is 1.09 bits per heavy atom. The molecule has 0 saturated carbocycles. The Kier molecular flexibility index (Phi) is 22.2. The fourth-order valence-corrected chi connectivity index (χ4v) is 0.841. The van der Waals surface area contributed by atoms with Crippen molar-refractivity contribution in [3.8, 4) is 0 Å². The molecule has 1 aliphatic rings. The van der Waals surface area contributed by atoms with Gasteiger partial charge < -0.3 is 35.1 Å². The van der Waals surface area contributed by atoms with Crippen molar-refractivity contribution >= 4 is 23.9 Å². The van der Waals surface area contributed by atoms with Gasteiger partial charge in [-0.15, -0.1) is 0 Å². The Balaban J connectivity index is -0.000000117. The van der Waals surface area contributed by atoms with E-state index in [0.29, 0.717) is 19.4 Å². The van der Waals surface area contributed by atoms with Crippen LogP contribution in [0.15, 0.2) is 0 Å². The summed E-state index contributed by atoms with van der Waals surface area (Å²) in [7, 11) is 0. The van der Waals surface area contributed by atoms with Crippen molar-refractivity contribution in [3.05, 3.63) is 0 Å². The molecule has 0 radical (unpaired) electrons. The van der Waals surface area contributed by atoms with E-state index in [1.54, 1.807) is 0 Å². The van der Waals surface area contributed by atoms with Gasteiger partial charge in [0, 0.05) is 13.0 Å². The minimum absolute atomic E-state index is 0. The van der Waals surface area contributed by atoms with Crippen molar-refractivity contribution in [1.29, 1.82) is 0 Å². The van der Waals surface area contributed by atoms with E-state index in [0.717, 1.165) is 11.8 Å². The molecule has 1 fully saturated rings. The molecule has 0 spiro atoms. The number of amides is 2. The summed E-state index contributed by atoms with van der Waals surface area (Å²) in [6.07, 6.45) is -2.98. The molecule has 0 aromatic carbocycles. The van der Waals surface area contributed by atoms with Crippen LogP contribution in [0.3, 0.4) is 0 Å². The average molecular weight is 353 g/mol. The van der Waals surface area contributed by atoms with Crippen LogP contribution in [0.25, 0.3) is 0 Å². The van der Waals surface area contributed by atoms with Crippen molar-refractivity contribution in [3.63, 3.8) is 0 Å². The van der Waals surface area contributed by atoms with Gasteiger partial charge in [-0.25, -0.2) is 4.79 Å². The Labute approximate surface area is 177 Å². The van der Waals surface area contributed by atoms with E-state index in [9.17, 15) is 29.4 Å². The summed E-state index contributed by atoms with van der Waals surface area (Å²) in [5.74, 6) is -2.96. The van der Waals surface area contributed by atoms with E-state index in [4.69, 9.17) is 15.3 Å². The molecule has 1 aliphatic heterocycles. The molecule has 2 amide bonds. The number of aliphatic carboxylic acids is 2. The van der Waals surface area contributed by atoms with Crippen LogP contribution in [0.4, 0.5) is 4.79 Å². The number of rotatable bonds is 2. The van der Waals surface area contributed by atoms with Crippen LogP contribution in [0, 0.1) is 0 Å². The second-order valence-electron chi connectivity index (χ2n) is 3.92. The van der Waals surface area contributed by atoms with Crippen molar-refractivity contribution < 1.29 is 104 Å². The Morgan fingerprint density at radius 3 is 1.52 bits per heavy atom. The third-order valence-electron chi connectivity index (χ3n) is 1.99. The van der Waals surface area contributed by atoms with Gasteiger partial charge in [-0.1, -0.05) is 0 Å². The van der Waals surface area contributed by atoms with Gasteiger partial charge in [-0.3, -0.25) is 9.69 Å². The molecule has 0 aliphatic carbocycles. The summed E-state index contributed by atoms with van der Waals surface area (Å²) in [6, 6.07) is 0. The molecule has 0 aromatic heterocycles. The predicted molar refractivity (Wildman–Crippen MR) is 62.3 cm³/mol. The Hall–Kier alpha value is -0.200. The van der Waals surface area contributed by atoms with Gasteiger partial charge in [0.1, 0.15) is 12.2 Å². The van der Waals surface area contributed by atoms with Gasteiger partial charge in [0.2, 0.25) is 5.91 Å². The van der Waals surface area contributed by atoms with Crippen molar-refractivity contribution in [2.45, 2.75) is 38.9 Å². The molecule has 2 unspecified atom stereocenters. The molecule has 0 bridgehead atoms. The first-order valence-corrected chi connectivity index (χ1v) is 5.81. The summed E-state index contributed by atoms with van der Waals surface area (Å²) in [6.45, 7) is 2.64. The average Bonchev–Trinajstić information content (AvgIpc) is 2.76. The number of carbonyl (C=O) groups is 4. The van der Waals surface area contributed by atoms with Crippen molar-refractivity contribution in [2.75, 3.05) is 6.54 Å². The molecule has 23 heavy (non-hydrogen) atoms. The predicted octanol–water partition coefficient (Wildman–Crippen LogP) is -9.47. The smallest absolute Gasteiger partial charge is 0.547 e. The molecule has 1 rings (SSSR count). The van der Waals surface area contributed by atoms with Gasteiger partial charge in [-0.2, -0.15) is 0 Å². The zero-order chi connectivity index (χ0) is 17.2. The largest absolute Gasteiger partial charge is 1.00 e. The fourth-order valence-electron chi connectivity index (χ4n) is 0.841. The van der Waals surface area contributed by atoms with E-state index in [-0.39, 0.29) is 65.0 Å². The topological polar surface area (TPSA) is 178 Å². The maximum Gasteiger partial charge on any atom is 1.00 e. The van der Waals surface area contributed by atoms with Crippen molar-refractivity contribution in [1.82, 2.24) is 4.90 Å². The Bertz CT molecular complexity index is 370. The number of nitrogens with zero attached hydrogens (tertiary/aromatic N) is 1. The normalized spacial score (nSPS) is 14.4. The summed E-state index contributed by atoms with van der Waals surface area (Å²) in [5.41, 5.74) is 0. The van der Waals surface area contributed by atoms with Crippen molar-refractivity contribution in [2.24, 2.45) is 0 Å². The third kappa shape index (κ3) is 18.0. The van der Waals surface area contributed by atoms with Gasteiger partial charge in [0.05, 0.1) is 12.1 Å². The summed E-state index contributed by atoms with van der Waals surface area (Å²) >= 11 is 0. The fraction of sp³-hybridized carbons (Fsp3) is 0.636. The summed E-state index contributed by atoms with van der Waals surface area (Å²) in [5, 5.41) is 43.1. The molecular formula is C11H17NNa2O9. The molecule has 0 aromatic rings. The molecule has 3 N–H and O–H groups in total. The SMILES string of the molecule is CC(O)C(=O)O.CC(O)C(=O)[O-].O=C([O-])N1CCCC1=O.[Na+].[Na+]. The number of aliphatic hydroxyl groups is 2. The van der Waals surface area contributed by atoms with Gasteiger partial charge in [0.25, 0.3) is 0 Å². The molecule has 1 saturated heterocycles. The van der Waals surface area contributed by atoms with Gasteiger partial charge in [-0.05, 0) is 20.3 Å². The molecular weight excluding hydrogens is 336 g/mol. The number of hydrogen-bond acceptors (Lipinski definition) is 8. The standard InChI is InChI=1S/C5H7NO3.2C3H6O3.2Na/c7-4-2-1-3-6(4)5(8)9;2*1-2(4)3(5)6;;/h1-3H2,(H,8,9);2*2,4H,1H3,(H,5,6);;/q;;;2*+1/p-2. The van der Waals surface area contributed by atoms with E-state index in [1.807, 2.05) is 0 Å². The molecule has 122 valence electrons. The van der Waals surface area contributed by atoms with E-state index in [2.05, 4.69) is 0 Å². The second kappa shape index (κ2) is 16.7. The van der Waals surface area contributed by atoms with E-state index >= 15 is 0 Å². The molecule has 12 heteroatoms. The first-order valence-electron chi connectivity index (χ1n) is 5.81. The second-order valence-corrected chi connectivity index (χ2v) is 3.92. The summed E-state index contributed by atoms with van der Waals surface area (Å²) in [4.78, 5) is 40.0. The molecule has 1 heterocycles.